The number of para-hydroxylation sites is 1. The lowest BCUT2D eigenvalue weighted by Crippen LogP contribution is -2.31. The molecule has 0 aliphatic carbocycles. The van der Waals surface area contributed by atoms with Crippen LogP contribution in [0.4, 0.5) is 5.69 Å². The lowest BCUT2D eigenvalue weighted by atomic mass is 9.98. The Morgan fingerprint density at radius 3 is 2.81 bits per heavy atom. The summed E-state index contributed by atoms with van der Waals surface area (Å²) < 4.78 is 5.35. The van der Waals surface area contributed by atoms with Crippen molar-refractivity contribution in [2.24, 2.45) is 0 Å². The minimum Gasteiger partial charge on any atom is -0.481 e. The number of carbonyl (C=O) groups excluding carboxylic acids is 1. The molecule has 0 saturated heterocycles. The van der Waals surface area contributed by atoms with Crippen molar-refractivity contribution in [3.05, 3.63) is 29.8 Å². The van der Waals surface area contributed by atoms with Gasteiger partial charge in [0.2, 0.25) is 5.91 Å². The van der Waals surface area contributed by atoms with Crippen LogP contribution in [-0.4, -0.2) is 36.7 Å². The van der Waals surface area contributed by atoms with Crippen molar-refractivity contribution in [2.75, 3.05) is 24.7 Å². The number of carbonyl (C=O) groups is 2. The van der Waals surface area contributed by atoms with Crippen LogP contribution in [0.3, 0.4) is 0 Å². The molecule has 1 atom stereocenters. The zero-order valence-electron chi connectivity index (χ0n) is 12.2. The van der Waals surface area contributed by atoms with Crippen molar-refractivity contribution in [3.63, 3.8) is 0 Å². The first kappa shape index (κ1) is 15.5. The zero-order valence-corrected chi connectivity index (χ0v) is 12.2. The fourth-order valence-electron chi connectivity index (χ4n) is 2.66. The molecule has 0 saturated carbocycles. The van der Waals surface area contributed by atoms with Crippen LogP contribution in [0, 0.1) is 0 Å². The van der Waals surface area contributed by atoms with Crippen molar-refractivity contribution in [1.82, 2.24) is 0 Å². The highest BCUT2D eigenvalue weighted by atomic mass is 16.5. The number of amides is 1. The molecule has 1 N–H and O–H groups in total. The van der Waals surface area contributed by atoms with E-state index in [1.807, 2.05) is 31.2 Å². The lowest BCUT2D eigenvalue weighted by Gasteiger charge is -2.17. The van der Waals surface area contributed by atoms with E-state index in [9.17, 15) is 9.59 Å². The molecule has 0 spiro atoms. The molecule has 1 aliphatic heterocycles. The Labute approximate surface area is 124 Å². The summed E-state index contributed by atoms with van der Waals surface area (Å²) in [6.07, 6.45) is 1.31. The Morgan fingerprint density at radius 2 is 2.10 bits per heavy atom. The number of aliphatic carboxylic acids is 1. The summed E-state index contributed by atoms with van der Waals surface area (Å²) in [5.41, 5.74) is 1.78. The van der Waals surface area contributed by atoms with Gasteiger partial charge in [-0.25, -0.2) is 0 Å². The third-order valence-electron chi connectivity index (χ3n) is 3.60. The average molecular weight is 291 g/mol. The van der Waals surface area contributed by atoms with Gasteiger partial charge in [0.15, 0.2) is 0 Å². The summed E-state index contributed by atoms with van der Waals surface area (Å²) in [5, 5.41) is 9.00. The zero-order chi connectivity index (χ0) is 15.2. The fraction of sp³-hybridized carbons (Fsp3) is 0.500. The van der Waals surface area contributed by atoms with Crippen LogP contribution < -0.4 is 4.90 Å². The minimum absolute atomic E-state index is 0.00792. The first-order chi connectivity index (χ1) is 10.1. The predicted molar refractivity (Wildman–Crippen MR) is 79.5 cm³/mol. The van der Waals surface area contributed by atoms with E-state index in [0.29, 0.717) is 26.2 Å². The highest BCUT2D eigenvalue weighted by Crippen LogP contribution is 2.38. The minimum atomic E-state index is -0.838. The second-order valence-corrected chi connectivity index (χ2v) is 5.22. The number of fused-ring (bicyclic) bond motifs is 1. The van der Waals surface area contributed by atoms with Gasteiger partial charge in [0, 0.05) is 24.8 Å². The van der Waals surface area contributed by atoms with Gasteiger partial charge in [-0.3, -0.25) is 9.59 Å². The standard InChI is InChI=1S/C16H21NO4/c1-2-8-21-9-7-15(18)17-11-12(10-16(19)20)13-5-3-4-6-14(13)17/h3-6,12H,2,7-11H2,1H3,(H,19,20). The van der Waals surface area contributed by atoms with Gasteiger partial charge in [0.25, 0.3) is 0 Å². The van der Waals surface area contributed by atoms with Crippen molar-refractivity contribution >= 4 is 17.6 Å². The van der Waals surface area contributed by atoms with Crippen LogP contribution in [0.2, 0.25) is 0 Å². The summed E-state index contributed by atoms with van der Waals surface area (Å²) >= 11 is 0. The van der Waals surface area contributed by atoms with E-state index in [4.69, 9.17) is 9.84 Å². The Hall–Kier alpha value is -1.88. The van der Waals surface area contributed by atoms with Crippen LogP contribution in [-0.2, 0) is 14.3 Å². The van der Waals surface area contributed by atoms with Gasteiger partial charge in [-0.05, 0) is 18.1 Å². The van der Waals surface area contributed by atoms with Gasteiger partial charge >= 0.3 is 5.97 Å². The summed E-state index contributed by atoms with van der Waals surface area (Å²) in [6, 6.07) is 7.54. The predicted octanol–water partition coefficient (Wildman–Crippen LogP) is 2.41. The Morgan fingerprint density at radius 1 is 1.33 bits per heavy atom. The van der Waals surface area contributed by atoms with Gasteiger partial charge in [-0.2, -0.15) is 0 Å². The van der Waals surface area contributed by atoms with Gasteiger partial charge in [0.05, 0.1) is 19.4 Å². The van der Waals surface area contributed by atoms with E-state index < -0.39 is 5.97 Å². The molecule has 1 aromatic rings. The third kappa shape index (κ3) is 3.82. The first-order valence-electron chi connectivity index (χ1n) is 7.32. The molecule has 0 fully saturated rings. The van der Waals surface area contributed by atoms with Crippen LogP contribution in [0.25, 0.3) is 0 Å². The van der Waals surface area contributed by atoms with Crippen molar-refractivity contribution in [1.29, 1.82) is 0 Å². The molecular weight excluding hydrogens is 270 g/mol. The molecule has 1 unspecified atom stereocenters. The van der Waals surface area contributed by atoms with Crippen LogP contribution in [0.15, 0.2) is 24.3 Å². The van der Waals surface area contributed by atoms with Gasteiger partial charge < -0.3 is 14.7 Å². The number of hydrogen-bond acceptors (Lipinski definition) is 3. The smallest absolute Gasteiger partial charge is 0.304 e. The molecular formula is C16H21NO4. The van der Waals surface area contributed by atoms with Gasteiger partial charge in [-0.15, -0.1) is 0 Å². The second kappa shape index (κ2) is 7.22. The van der Waals surface area contributed by atoms with E-state index in [2.05, 4.69) is 0 Å². The second-order valence-electron chi connectivity index (χ2n) is 5.22. The maximum Gasteiger partial charge on any atom is 0.304 e. The number of rotatable bonds is 7. The summed E-state index contributed by atoms with van der Waals surface area (Å²) in [5.74, 6) is -0.971. The maximum absolute atomic E-state index is 12.3. The molecule has 1 aliphatic rings. The average Bonchev–Trinajstić information content (AvgIpc) is 2.82. The quantitative estimate of drug-likeness (QED) is 0.783. The number of nitrogens with zero attached hydrogens (tertiary/aromatic N) is 1. The Balaban J connectivity index is 2.04. The van der Waals surface area contributed by atoms with Crippen molar-refractivity contribution in [2.45, 2.75) is 32.1 Å². The summed E-state index contributed by atoms with van der Waals surface area (Å²) in [4.78, 5) is 25.0. The molecule has 0 aromatic heterocycles. The van der Waals surface area contributed by atoms with Gasteiger partial charge in [-0.1, -0.05) is 25.1 Å². The van der Waals surface area contributed by atoms with E-state index in [0.717, 1.165) is 17.7 Å². The highest BCUT2D eigenvalue weighted by Gasteiger charge is 2.32. The van der Waals surface area contributed by atoms with Crippen molar-refractivity contribution in [3.8, 4) is 0 Å². The molecule has 1 heterocycles. The van der Waals surface area contributed by atoms with Crippen LogP contribution in [0.1, 0.15) is 37.7 Å². The SMILES string of the molecule is CCCOCCC(=O)N1CC(CC(=O)O)c2ccccc21. The molecule has 114 valence electrons. The Kier molecular flexibility index (Phi) is 5.33. The third-order valence-corrected chi connectivity index (χ3v) is 3.60. The normalized spacial score (nSPS) is 16.8. The summed E-state index contributed by atoms with van der Waals surface area (Å²) in [6.45, 7) is 3.54. The van der Waals surface area contributed by atoms with Crippen molar-refractivity contribution < 1.29 is 19.4 Å². The number of benzene rings is 1. The Bertz CT molecular complexity index is 515. The largest absolute Gasteiger partial charge is 0.481 e. The molecule has 1 amide bonds. The fourth-order valence-corrected chi connectivity index (χ4v) is 2.66. The number of carboxylic acid groups (broad SMARTS) is 1. The number of carboxylic acids is 1. The number of ether oxygens (including phenoxy) is 1. The van der Waals surface area contributed by atoms with E-state index in [1.54, 1.807) is 4.90 Å². The highest BCUT2D eigenvalue weighted by molar-refractivity contribution is 5.96. The monoisotopic (exact) mass is 291 g/mol. The van der Waals surface area contributed by atoms with E-state index in [-0.39, 0.29) is 18.2 Å². The molecule has 5 heteroatoms. The first-order valence-corrected chi connectivity index (χ1v) is 7.32. The molecule has 1 aromatic carbocycles. The maximum atomic E-state index is 12.3. The molecule has 5 nitrogen and oxygen atoms in total. The van der Waals surface area contributed by atoms with E-state index in [1.165, 1.54) is 0 Å². The van der Waals surface area contributed by atoms with Crippen LogP contribution in [0.5, 0.6) is 0 Å². The molecule has 0 radical (unpaired) electrons. The van der Waals surface area contributed by atoms with E-state index >= 15 is 0 Å². The molecule has 0 bridgehead atoms. The summed E-state index contributed by atoms with van der Waals surface area (Å²) in [7, 11) is 0. The number of anilines is 1. The molecule has 2 rings (SSSR count). The number of hydrogen-bond donors (Lipinski definition) is 1. The van der Waals surface area contributed by atoms with Gasteiger partial charge in [0.1, 0.15) is 0 Å². The van der Waals surface area contributed by atoms with Crippen LogP contribution >= 0.6 is 0 Å². The lowest BCUT2D eigenvalue weighted by molar-refractivity contribution is -0.137. The topological polar surface area (TPSA) is 66.8 Å². The molecule has 21 heavy (non-hydrogen) atoms.